The van der Waals surface area contributed by atoms with E-state index in [4.69, 9.17) is 21.4 Å². The van der Waals surface area contributed by atoms with Crippen molar-refractivity contribution in [2.24, 2.45) is 5.92 Å². The van der Waals surface area contributed by atoms with Gasteiger partial charge in [0.25, 0.3) is 5.91 Å². The van der Waals surface area contributed by atoms with Crippen LogP contribution in [0.5, 0.6) is 5.75 Å². The Morgan fingerprint density at radius 2 is 1.89 bits per heavy atom. The maximum atomic E-state index is 13.2. The van der Waals surface area contributed by atoms with Crippen LogP contribution in [0, 0.1) is 5.92 Å². The summed E-state index contributed by atoms with van der Waals surface area (Å²) in [7, 11) is 0. The number of hydrogen-bond donors (Lipinski definition) is 1. The van der Waals surface area contributed by atoms with Crippen LogP contribution in [0.2, 0.25) is 0 Å². The Morgan fingerprint density at radius 1 is 1.11 bits per heavy atom. The van der Waals surface area contributed by atoms with Gasteiger partial charge in [-0.15, -0.1) is 0 Å². The lowest BCUT2D eigenvalue weighted by molar-refractivity contribution is -0.144. The first-order chi connectivity index (χ1) is 17.5. The monoisotopic (exact) mass is 519 g/mol. The molecule has 2 heterocycles. The molecule has 6 nitrogen and oxygen atoms in total. The summed E-state index contributed by atoms with van der Waals surface area (Å²) in [6, 6.07) is 21.1. The van der Waals surface area contributed by atoms with Crippen LogP contribution in [0.4, 0.5) is 0 Å². The number of rotatable bonds is 7. The van der Waals surface area contributed by atoms with Gasteiger partial charge in [0.15, 0.2) is 0 Å². The summed E-state index contributed by atoms with van der Waals surface area (Å²) in [6.45, 7) is 0.442. The third-order valence-corrected chi connectivity index (χ3v) is 7.80. The van der Waals surface area contributed by atoms with Gasteiger partial charge in [0.1, 0.15) is 28.2 Å². The Bertz CT molecular complexity index is 1320. The first-order valence-electron chi connectivity index (χ1n) is 11.9. The van der Waals surface area contributed by atoms with Gasteiger partial charge in [-0.1, -0.05) is 72.9 Å². The summed E-state index contributed by atoms with van der Waals surface area (Å²) < 4.78 is 12.6. The standard InChI is InChI=1S/C28H25NO5S2/c30-26-25(36-28(35)29(26)20-10-6-9-19(15-20)27(31)32)16-21-13-14-24(34-21)22-11-4-5-12-23(22)33-17-18-7-2-1-3-8-18/h1-5,7-8,11-14,16,19-20H,6,9-10,15,17H2,(H,31,32)/b25-16+. The zero-order valence-corrected chi connectivity index (χ0v) is 21.1. The van der Waals surface area contributed by atoms with Gasteiger partial charge in [-0.2, -0.15) is 0 Å². The van der Waals surface area contributed by atoms with Crippen molar-refractivity contribution in [2.45, 2.75) is 38.3 Å². The molecule has 36 heavy (non-hydrogen) atoms. The van der Waals surface area contributed by atoms with Crippen molar-refractivity contribution in [2.75, 3.05) is 0 Å². The summed E-state index contributed by atoms with van der Waals surface area (Å²) in [5.74, 6) is 0.447. The predicted molar refractivity (Wildman–Crippen MR) is 143 cm³/mol. The summed E-state index contributed by atoms with van der Waals surface area (Å²) in [4.78, 5) is 26.7. The van der Waals surface area contributed by atoms with Crippen molar-refractivity contribution < 1.29 is 23.8 Å². The molecule has 1 N–H and O–H groups in total. The SMILES string of the molecule is O=C(O)C1CCCC(N2C(=O)/C(=C\c3ccc(-c4ccccc4OCc4ccccc4)o3)SC2=S)C1. The first kappa shape index (κ1) is 24.3. The lowest BCUT2D eigenvalue weighted by Gasteiger charge is -2.32. The molecule has 2 fully saturated rings. The Labute approximate surface area is 218 Å². The molecule has 0 radical (unpaired) electrons. The molecular weight excluding hydrogens is 494 g/mol. The van der Waals surface area contributed by atoms with Crippen LogP contribution in [0.1, 0.15) is 37.0 Å². The number of aliphatic carboxylic acids is 1. The van der Waals surface area contributed by atoms with Crippen molar-refractivity contribution >= 4 is 46.3 Å². The highest BCUT2D eigenvalue weighted by atomic mass is 32.2. The molecule has 1 amide bonds. The molecule has 0 bridgehead atoms. The Morgan fingerprint density at radius 3 is 2.69 bits per heavy atom. The number of thiocarbonyl (C=S) groups is 1. The van der Waals surface area contributed by atoms with Crippen LogP contribution < -0.4 is 4.74 Å². The van der Waals surface area contributed by atoms with Crippen LogP contribution in [0.25, 0.3) is 17.4 Å². The van der Waals surface area contributed by atoms with Crippen molar-refractivity contribution in [3.63, 3.8) is 0 Å². The molecule has 2 unspecified atom stereocenters. The molecule has 2 atom stereocenters. The number of carboxylic acid groups (broad SMARTS) is 1. The summed E-state index contributed by atoms with van der Waals surface area (Å²) in [5.41, 5.74) is 1.89. The van der Waals surface area contributed by atoms with Crippen LogP contribution in [-0.4, -0.2) is 32.2 Å². The van der Waals surface area contributed by atoms with Crippen molar-refractivity contribution in [3.05, 3.63) is 83.0 Å². The molecular formula is C28H25NO5S2. The van der Waals surface area contributed by atoms with Gasteiger partial charge in [-0.05, 0) is 49.1 Å². The number of nitrogens with zero attached hydrogens (tertiary/aromatic N) is 1. The molecule has 5 rings (SSSR count). The maximum Gasteiger partial charge on any atom is 0.306 e. The van der Waals surface area contributed by atoms with E-state index >= 15 is 0 Å². The van der Waals surface area contributed by atoms with E-state index in [1.165, 1.54) is 11.8 Å². The second-order valence-electron chi connectivity index (χ2n) is 8.88. The van der Waals surface area contributed by atoms with Crippen LogP contribution in [0.3, 0.4) is 0 Å². The molecule has 1 aliphatic carbocycles. The third-order valence-electron chi connectivity index (χ3n) is 6.47. The molecule has 8 heteroatoms. The van der Waals surface area contributed by atoms with Crippen LogP contribution in [-0.2, 0) is 16.2 Å². The number of carboxylic acids is 1. The second-order valence-corrected chi connectivity index (χ2v) is 10.6. The minimum atomic E-state index is -0.808. The average molecular weight is 520 g/mol. The number of thioether (sulfide) groups is 1. The number of amides is 1. The normalized spacial score (nSPS) is 21.2. The highest BCUT2D eigenvalue weighted by Gasteiger charge is 2.40. The van der Waals surface area contributed by atoms with E-state index in [-0.39, 0.29) is 11.9 Å². The molecule has 1 saturated heterocycles. The highest BCUT2D eigenvalue weighted by Crippen LogP contribution is 2.39. The fourth-order valence-electron chi connectivity index (χ4n) is 4.65. The fourth-order valence-corrected chi connectivity index (χ4v) is 6.03. The van der Waals surface area contributed by atoms with E-state index in [2.05, 4.69) is 0 Å². The molecule has 1 aliphatic heterocycles. The maximum absolute atomic E-state index is 13.2. The average Bonchev–Trinajstić information content (AvgIpc) is 3.47. The highest BCUT2D eigenvalue weighted by molar-refractivity contribution is 8.26. The van der Waals surface area contributed by atoms with Gasteiger partial charge in [0, 0.05) is 12.1 Å². The van der Waals surface area contributed by atoms with Gasteiger partial charge < -0.3 is 14.3 Å². The van der Waals surface area contributed by atoms with Crippen molar-refractivity contribution in [1.29, 1.82) is 0 Å². The number of benzene rings is 2. The van der Waals surface area contributed by atoms with Gasteiger partial charge in [0.2, 0.25) is 0 Å². The van der Waals surface area contributed by atoms with E-state index in [1.807, 2.05) is 66.7 Å². The minimum Gasteiger partial charge on any atom is -0.488 e. The van der Waals surface area contributed by atoms with Gasteiger partial charge in [-0.3, -0.25) is 14.5 Å². The molecule has 1 saturated carbocycles. The molecule has 2 aliphatic rings. The largest absolute Gasteiger partial charge is 0.488 e. The number of carbonyl (C=O) groups is 2. The number of furan rings is 1. The van der Waals surface area contributed by atoms with Gasteiger partial charge >= 0.3 is 5.97 Å². The summed E-state index contributed by atoms with van der Waals surface area (Å²) >= 11 is 6.73. The smallest absolute Gasteiger partial charge is 0.306 e. The van der Waals surface area contributed by atoms with E-state index < -0.39 is 11.9 Å². The molecule has 2 aromatic carbocycles. The number of ether oxygens (including phenoxy) is 1. The zero-order chi connectivity index (χ0) is 25.1. The number of hydrogen-bond acceptors (Lipinski definition) is 6. The Balaban J connectivity index is 1.32. The second kappa shape index (κ2) is 10.7. The van der Waals surface area contributed by atoms with Crippen molar-refractivity contribution in [3.8, 4) is 17.1 Å². The lowest BCUT2D eigenvalue weighted by atomic mass is 9.85. The fraction of sp³-hybridized carbons (Fsp3) is 0.250. The van der Waals surface area contributed by atoms with E-state index in [0.29, 0.717) is 45.9 Å². The van der Waals surface area contributed by atoms with Gasteiger partial charge in [0.05, 0.1) is 16.4 Å². The van der Waals surface area contributed by atoms with E-state index in [9.17, 15) is 14.7 Å². The zero-order valence-electron chi connectivity index (χ0n) is 19.5. The molecule has 3 aromatic rings. The van der Waals surface area contributed by atoms with E-state index in [0.717, 1.165) is 24.0 Å². The third kappa shape index (κ3) is 5.24. The van der Waals surface area contributed by atoms with Crippen molar-refractivity contribution in [1.82, 2.24) is 4.90 Å². The predicted octanol–water partition coefficient (Wildman–Crippen LogP) is 6.37. The number of carbonyl (C=O) groups excluding carboxylic acids is 1. The topological polar surface area (TPSA) is 80.0 Å². The Kier molecular flexibility index (Phi) is 7.25. The Hall–Kier alpha value is -3.36. The summed E-state index contributed by atoms with van der Waals surface area (Å²) in [5, 5.41) is 9.41. The first-order valence-corrected chi connectivity index (χ1v) is 13.1. The van der Waals surface area contributed by atoms with E-state index in [1.54, 1.807) is 11.0 Å². The molecule has 1 aromatic heterocycles. The van der Waals surface area contributed by atoms with Gasteiger partial charge in [-0.25, -0.2) is 0 Å². The molecule has 0 spiro atoms. The minimum absolute atomic E-state index is 0.181. The van der Waals surface area contributed by atoms with Crippen LogP contribution >= 0.6 is 24.0 Å². The number of para-hydroxylation sites is 1. The van der Waals surface area contributed by atoms with Crippen LogP contribution in [0.15, 0.2) is 76.1 Å². The summed E-state index contributed by atoms with van der Waals surface area (Å²) in [6.07, 6.45) is 4.30. The lowest BCUT2D eigenvalue weighted by Crippen LogP contribution is -2.42. The molecule has 184 valence electrons. The quantitative estimate of drug-likeness (QED) is 0.287.